The standard InChI is InChI=1S/C39H68N6O5/c1-12-26(8)35(38(50)41-28(13-2)14-3)44-32(46)22-29(40)30(21-27-18-16-15-17-19-27)43-37(49)34(25(6)7)45-36(48)31(20-24(4)5)42-33(47)23-39(9,10)11/h15-19,24-26,28-31,34-35H,12-14,20-23,40H2,1-11H3,(H,41,50)(H,42,47)(H,43,49)(H,44,46)(H,45,48)/t26-,29-,30-,31-,34?,35-/m0/s1. The highest BCUT2D eigenvalue weighted by atomic mass is 16.2. The maximum Gasteiger partial charge on any atom is 0.243 e. The van der Waals surface area contributed by atoms with Crippen LogP contribution in [0.3, 0.4) is 0 Å². The van der Waals surface area contributed by atoms with Gasteiger partial charge in [0.15, 0.2) is 0 Å². The smallest absolute Gasteiger partial charge is 0.243 e. The Morgan fingerprint density at radius 2 is 1.28 bits per heavy atom. The Bertz CT molecular complexity index is 1210. The minimum absolute atomic E-state index is 0.0217. The van der Waals surface area contributed by atoms with Crippen LogP contribution in [0.1, 0.15) is 120 Å². The highest BCUT2D eigenvalue weighted by molar-refractivity contribution is 5.92. The summed E-state index contributed by atoms with van der Waals surface area (Å²) >= 11 is 0. The van der Waals surface area contributed by atoms with Gasteiger partial charge >= 0.3 is 0 Å². The lowest BCUT2D eigenvalue weighted by molar-refractivity contribution is -0.134. The minimum Gasteiger partial charge on any atom is -0.352 e. The van der Waals surface area contributed by atoms with E-state index in [1.807, 2.05) is 106 Å². The van der Waals surface area contributed by atoms with Crippen molar-refractivity contribution in [2.45, 2.75) is 157 Å². The van der Waals surface area contributed by atoms with Gasteiger partial charge < -0.3 is 32.3 Å². The second kappa shape index (κ2) is 21.7. The molecule has 6 atom stereocenters. The molecule has 0 heterocycles. The van der Waals surface area contributed by atoms with Crippen molar-refractivity contribution in [2.24, 2.45) is 28.9 Å². The van der Waals surface area contributed by atoms with E-state index in [0.717, 1.165) is 18.4 Å². The number of carbonyl (C=O) groups excluding carboxylic acids is 5. The fraction of sp³-hybridized carbons (Fsp3) is 0.718. The van der Waals surface area contributed by atoms with Crippen LogP contribution in [-0.2, 0) is 30.4 Å². The minimum atomic E-state index is -0.917. The molecule has 0 saturated carbocycles. The van der Waals surface area contributed by atoms with Gasteiger partial charge in [0.25, 0.3) is 0 Å². The van der Waals surface area contributed by atoms with Gasteiger partial charge in [0.2, 0.25) is 29.5 Å². The van der Waals surface area contributed by atoms with Crippen LogP contribution in [0.15, 0.2) is 30.3 Å². The predicted molar refractivity (Wildman–Crippen MR) is 201 cm³/mol. The first-order valence-electron chi connectivity index (χ1n) is 18.6. The second-order valence-electron chi connectivity index (χ2n) is 15.8. The van der Waals surface area contributed by atoms with Crippen LogP contribution in [-0.4, -0.2) is 65.8 Å². The third kappa shape index (κ3) is 16.5. The summed E-state index contributed by atoms with van der Waals surface area (Å²) in [4.78, 5) is 66.9. The first kappa shape index (κ1) is 44.6. The monoisotopic (exact) mass is 701 g/mol. The molecule has 7 N–H and O–H groups in total. The molecule has 0 aliphatic carbocycles. The third-order valence-electron chi connectivity index (χ3n) is 9.00. The molecule has 11 nitrogen and oxygen atoms in total. The zero-order chi connectivity index (χ0) is 38.2. The summed E-state index contributed by atoms with van der Waals surface area (Å²) in [5.74, 6) is -1.95. The molecule has 1 rings (SSSR count). The van der Waals surface area contributed by atoms with E-state index in [9.17, 15) is 24.0 Å². The molecular weight excluding hydrogens is 632 g/mol. The van der Waals surface area contributed by atoms with Gasteiger partial charge in [0.05, 0.1) is 0 Å². The van der Waals surface area contributed by atoms with E-state index in [0.29, 0.717) is 19.3 Å². The van der Waals surface area contributed by atoms with Crippen molar-refractivity contribution in [1.29, 1.82) is 0 Å². The number of hydrogen-bond acceptors (Lipinski definition) is 6. The number of carbonyl (C=O) groups is 5. The average molecular weight is 701 g/mol. The molecule has 1 aromatic rings. The van der Waals surface area contributed by atoms with Crippen LogP contribution in [0.25, 0.3) is 0 Å². The highest BCUT2D eigenvalue weighted by Crippen LogP contribution is 2.19. The Labute approximate surface area is 301 Å². The summed E-state index contributed by atoms with van der Waals surface area (Å²) in [6.07, 6.45) is 3.17. The lowest BCUT2D eigenvalue weighted by atomic mass is 9.91. The molecule has 0 aliphatic rings. The van der Waals surface area contributed by atoms with Crippen LogP contribution in [0, 0.1) is 23.2 Å². The summed E-state index contributed by atoms with van der Waals surface area (Å²) in [6, 6.07) is 5.65. The number of nitrogens with two attached hydrogens (primary N) is 1. The molecule has 284 valence electrons. The SMILES string of the molecule is CCC(CC)NC(=O)[C@@H](NC(=O)C[C@H](N)[C@H](Cc1ccccc1)NC(=O)C(NC(=O)[C@H](CC(C)C)NC(=O)CC(C)(C)C)C(C)C)[C@@H](C)CC. The van der Waals surface area contributed by atoms with Crippen molar-refractivity contribution in [3.05, 3.63) is 35.9 Å². The lowest BCUT2D eigenvalue weighted by Crippen LogP contribution is -2.59. The molecule has 0 saturated heterocycles. The third-order valence-corrected chi connectivity index (χ3v) is 9.00. The summed E-state index contributed by atoms with van der Waals surface area (Å²) < 4.78 is 0. The predicted octanol–water partition coefficient (Wildman–Crippen LogP) is 4.37. The molecule has 0 aliphatic heterocycles. The van der Waals surface area contributed by atoms with Gasteiger partial charge in [-0.1, -0.05) is 113 Å². The van der Waals surface area contributed by atoms with Gasteiger partial charge in [-0.05, 0) is 54.4 Å². The van der Waals surface area contributed by atoms with Gasteiger partial charge in [0.1, 0.15) is 18.1 Å². The maximum absolute atomic E-state index is 13.9. The van der Waals surface area contributed by atoms with Gasteiger partial charge in [-0.3, -0.25) is 24.0 Å². The van der Waals surface area contributed by atoms with E-state index >= 15 is 0 Å². The molecule has 0 fully saturated rings. The molecular formula is C39H68N6O5. The first-order valence-corrected chi connectivity index (χ1v) is 18.6. The van der Waals surface area contributed by atoms with Crippen molar-refractivity contribution in [2.75, 3.05) is 0 Å². The van der Waals surface area contributed by atoms with E-state index in [1.54, 1.807) is 0 Å². The normalized spacial score (nSPS) is 15.4. The van der Waals surface area contributed by atoms with E-state index in [4.69, 9.17) is 5.73 Å². The summed E-state index contributed by atoms with van der Waals surface area (Å²) in [5, 5.41) is 14.8. The first-order chi connectivity index (χ1) is 23.3. The Balaban J connectivity index is 3.22. The maximum atomic E-state index is 13.9. The van der Waals surface area contributed by atoms with E-state index < -0.39 is 42.0 Å². The van der Waals surface area contributed by atoms with Crippen LogP contribution < -0.4 is 32.3 Å². The molecule has 0 bridgehead atoms. The molecule has 11 heteroatoms. The quantitative estimate of drug-likeness (QED) is 0.111. The van der Waals surface area contributed by atoms with Crippen LogP contribution in [0.2, 0.25) is 0 Å². The Hall–Kier alpha value is -3.47. The van der Waals surface area contributed by atoms with Gasteiger partial charge in [-0.15, -0.1) is 0 Å². The van der Waals surface area contributed by atoms with Crippen LogP contribution in [0.4, 0.5) is 0 Å². The Kier molecular flexibility index (Phi) is 19.3. The molecule has 0 aromatic heterocycles. The molecule has 50 heavy (non-hydrogen) atoms. The zero-order valence-corrected chi connectivity index (χ0v) is 32.7. The summed E-state index contributed by atoms with van der Waals surface area (Å²) in [6.45, 7) is 21.4. The number of rotatable bonds is 21. The van der Waals surface area contributed by atoms with Gasteiger partial charge in [-0.25, -0.2) is 0 Å². The lowest BCUT2D eigenvalue weighted by Gasteiger charge is -2.31. The van der Waals surface area contributed by atoms with E-state index in [1.165, 1.54) is 0 Å². The van der Waals surface area contributed by atoms with Crippen LogP contribution >= 0.6 is 0 Å². The summed E-state index contributed by atoms with van der Waals surface area (Å²) in [5.41, 5.74) is 7.34. The van der Waals surface area contributed by atoms with Crippen molar-refractivity contribution in [1.82, 2.24) is 26.6 Å². The Morgan fingerprint density at radius 1 is 0.700 bits per heavy atom. The number of hydrogen-bond donors (Lipinski definition) is 6. The van der Waals surface area contributed by atoms with Gasteiger partial charge in [-0.2, -0.15) is 0 Å². The molecule has 0 spiro atoms. The molecule has 0 radical (unpaired) electrons. The topological polar surface area (TPSA) is 172 Å². The number of amides is 5. The Morgan fingerprint density at radius 3 is 1.78 bits per heavy atom. The van der Waals surface area contributed by atoms with E-state index in [-0.39, 0.29) is 59.8 Å². The van der Waals surface area contributed by atoms with Gasteiger partial charge in [0, 0.05) is 31.0 Å². The van der Waals surface area contributed by atoms with Crippen molar-refractivity contribution in [3.63, 3.8) is 0 Å². The summed E-state index contributed by atoms with van der Waals surface area (Å²) in [7, 11) is 0. The number of benzene rings is 1. The highest BCUT2D eigenvalue weighted by Gasteiger charge is 2.33. The van der Waals surface area contributed by atoms with Crippen molar-refractivity contribution < 1.29 is 24.0 Å². The zero-order valence-electron chi connectivity index (χ0n) is 32.7. The average Bonchev–Trinajstić information content (AvgIpc) is 3.02. The number of nitrogens with one attached hydrogen (secondary N) is 5. The van der Waals surface area contributed by atoms with Crippen molar-refractivity contribution >= 4 is 29.5 Å². The fourth-order valence-corrected chi connectivity index (χ4v) is 5.74. The van der Waals surface area contributed by atoms with E-state index in [2.05, 4.69) is 26.6 Å². The molecule has 1 aromatic carbocycles. The molecule has 1 unspecified atom stereocenters. The molecule has 5 amide bonds. The van der Waals surface area contributed by atoms with Crippen LogP contribution in [0.5, 0.6) is 0 Å². The second-order valence-corrected chi connectivity index (χ2v) is 15.8. The fourth-order valence-electron chi connectivity index (χ4n) is 5.74. The van der Waals surface area contributed by atoms with Crippen molar-refractivity contribution in [3.8, 4) is 0 Å². The largest absolute Gasteiger partial charge is 0.352 e.